The Morgan fingerprint density at radius 3 is 2.90 bits per heavy atom. The number of hydrazine groups is 1. The van der Waals surface area contributed by atoms with Crippen molar-refractivity contribution in [3.05, 3.63) is 11.9 Å². The molecule has 0 radical (unpaired) electrons. The summed E-state index contributed by atoms with van der Waals surface area (Å²) in [6.45, 7) is 2.01. The number of aryl methyl sites for hydroxylation is 1. The summed E-state index contributed by atoms with van der Waals surface area (Å²) >= 11 is 1.45. The van der Waals surface area contributed by atoms with Gasteiger partial charge in [-0.05, 0) is 35.0 Å². The molecule has 0 bridgehead atoms. The van der Waals surface area contributed by atoms with E-state index in [0.717, 1.165) is 35.3 Å². The van der Waals surface area contributed by atoms with Crippen LogP contribution in [0.5, 0.6) is 0 Å². The normalized spacial score (nSPS) is 15.5. The summed E-state index contributed by atoms with van der Waals surface area (Å²) in [6, 6.07) is 2.21. The Morgan fingerprint density at radius 2 is 2.19 bits per heavy atom. The minimum absolute atomic E-state index is 0.405. The Hall–Kier alpha value is -1.74. The molecule has 8 nitrogen and oxygen atoms in total. The van der Waals surface area contributed by atoms with Gasteiger partial charge in [-0.2, -0.15) is 0 Å². The third-order valence-electron chi connectivity index (χ3n) is 3.54. The second-order valence-corrected chi connectivity index (χ2v) is 5.94. The quantitative estimate of drug-likeness (QED) is 0.487. The number of rotatable bonds is 5. The summed E-state index contributed by atoms with van der Waals surface area (Å²) in [5.74, 6) is 6.79. The molecule has 9 heteroatoms. The highest BCUT2D eigenvalue weighted by Gasteiger charge is 2.22. The molecule has 0 amide bonds. The molecule has 3 rings (SSSR count). The van der Waals surface area contributed by atoms with E-state index in [2.05, 4.69) is 30.9 Å². The minimum Gasteiger partial charge on any atom is -0.308 e. The lowest BCUT2D eigenvalue weighted by molar-refractivity contribution is 0.423. The van der Waals surface area contributed by atoms with Crippen LogP contribution in [-0.2, 0) is 6.42 Å². The van der Waals surface area contributed by atoms with Crippen LogP contribution in [0.4, 0.5) is 5.82 Å². The lowest BCUT2D eigenvalue weighted by Crippen LogP contribution is -2.11. The Kier molecular flexibility index (Phi) is 4.30. The van der Waals surface area contributed by atoms with Crippen molar-refractivity contribution in [2.75, 3.05) is 5.43 Å². The van der Waals surface area contributed by atoms with Crippen LogP contribution < -0.4 is 11.3 Å². The lowest BCUT2D eigenvalue weighted by atomic mass is 10.3. The maximum atomic E-state index is 5.45. The number of nitrogens with one attached hydrogen (secondary N) is 1. The molecular weight excluding hydrogens is 288 g/mol. The molecule has 2 aromatic heterocycles. The number of nitrogens with zero attached hydrogens (tertiary/aromatic N) is 6. The molecule has 2 aromatic rings. The largest absolute Gasteiger partial charge is 0.308 e. The van der Waals surface area contributed by atoms with Gasteiger partial charge in [0.2, 0.25) is 5.16 Å². The molecule has 1 saturated carbocycles. The summed E-state index contributed by atoms with van der Waals surface area (Å²) in [4.78, 5) is 8.77. The van der Waals surface area contributed by atoms with Gasteiger partial charge in [0.25, 0.3) is 0 Å². The van der Waals surface area contributed by atoms with E-state index in [1.54, 1.807) is 6.07 Å². The molecule has 0 aromatic carbocycles. The highest BCUT2D eigenvalue weighted by Crippen LogP contribution is 2.33. The number of tetrazole rings is 1. The van der Waals surface area contributed by atoms with E-state index in [1.807, 2.05) is 11.6 Å². The molecule has 21 heavy (non-hydrogen) atoms. The van der Waals surface area contributed by atoms with Crippen molar-refractivity contribution in [2.45, 2.75) is 55.3 Å². The molecule has 1 aliphatic rings. The van der Waals surface area contributed by atoms with Crippen molar-refractivity contribution in [1.82, 2.24) is 30.2 Å². The predicted molar refractivity (Wildman–Crippen MR) is 78.7 cm³/mol. The molecule has 1 fully saturated rings. The van der Waals surface area contributed by atoms with E-state index < -0.39 is 0 Å². The Morgan fingerprint density at radius 1 is 1.38 bits per heavy atom. The minimum atomic E-state index is 0.405. The van der Waals surface area contributed by atoms with E-state index in [1.165, 1.54) is 24.6 Å². The van der Waals surface area contributed by atoms with E-state index in [9.17, 15) is 0 Å². The molecular formula is C12H18N8S. The number of nitrogen functional groups attached to an aromatic ring is 1. The van der Waals surface area contributed by atoms with Gasteiger partial charge in [-0.15, -0.1) is 5.10 Å². The molecule has 0 saturated heterocycles. The number of nitrogens with two attached hydrogens (primary N) is 1. The zero-order valence-electron chi connectivity index (χ0n) is 11.9. The molecule has 112 valence electrons. The fourth-order valence-electron chi connectivity index (χ4n) is 2.48. The van der Waals surface area contributed by atoms with Crippen LogP contribution in [0.2, 0.25) is 0 Å². The van der Waals surface area contributed by atoms with Gasteiger partial charge in [-0.25, -0.2) is 20.5 Å². The van der Waals surface area contributed by atoms with Crippen LogP contribution in [-0.4, -0.2) is 30.2 Å². The van der Waals surface area contributed by atoms with Crippen molar-refractivity contribution in [1.29, 1.82) is 0 Å². The topological polar surface area (TPSA) is 107 Å². The van der Waals surface area contributed by atoms with Crippen molar-refractivity contribution in [3.63, 3.8) is 0 Å². The van der Waals surface area contributed by atoms with Gasteiger partial charge < -0.3 is 5.43 Å². The Labute approximate surface area is 126 Å². The zero-order valence-corrected chi connectivity index (χ0v) is 12.7. The molecule has 0 aliphatic heterocycles. The average Bonchev–Trinajstić information content (AvgIpc) is 3.17. The smallest absolute Gasteiger partial charge is 0.215 e. The first-order valence-corrected chi connectivity index (χ1v) is 7.92. The van der Waals surface area contributed by atoms with Gasteiger partial charge in [0.05, 0.1) is 6.04 Å². The van der Waals surface area contributed by atoms with E-state index >= 15 is 0 Å². The first kappa shape index (κ1) is 14.2. The van der Waals surface area contributed by atoms with Crippen molar-refractivity contribution in [2.24, 2.45) is 5.84 Å². The Bertz CT molecular complexity index is 585. The number of hydrogen-bond acceptors (Lipinski definition) is 8. The van der Waals surface area contributed by atoms with Crippen LogP contribution in [0.25, 0.3) is 0 Å². The lowest BCUT2D eigenvalue weighted by Gasteiger charge is -2.11. The fourth-order valence-corrected chi connectivity index (χ4v) is 3.35. The van der Waals surface area contributed by atoms with Gasteiger partial charge in [-0.3, -0.25) is 0 Å². The fraction of sp³-hybridized carbons (Fsp3) is 0.583. The van der Waals surface area contributed by atoms with Crippen LogP contribution in [0.15, 0.2) is 16.2 Å². The summed E-state index contributed by atoms with van der Waals surface area (Å²) in [5.41, 5.74) is 2.57. The molecule has 0 atom stereocenters. The van der Waals surface area contributed by atoms with Crippen molar-refractivity contribution >= 4 is 17.6 Å². The summed E-state index contributed by atoms with van der Waals surface area (Å²) < 4.78 is 1.92. The first-order valence-electron chi connectivity index (χ1n) is 7.10. The second kappa shape index (κ2) is 6.35. The third-order valence-corrected chi connectivity index (χ3v) is 4.41. The highest BCUT2D eigenvalue weighted by atomic mass is 32.2. The van der Waals surface area contributed by atoms with Crippen molar-refractivity contribution < 1.29 is 0 Å². The van der Waals surface area contributed by atoms with Gasteiger partial charge in [0.1, 0.15) is 16.7 Å². The first-order chi connectivity index (χ1) is 10.3. The molecule has 0 unspecified atom stereocenters. The maximum absolute atomic E-state index is 5.45. The monoisotopic (exact) mass is 306 g/mol. The standard InChI is InChI=1S/C12H18N8S/c1-2-9-14-10(16-13)7-11(15-9)21-12-17-18-19-20(12)8-5-3-4-6-8/h7-8H,2-6,13H2,1H3,(H,14,15,16). The van der Waals surface area contributed by atoms with Crippen LogP contribution in [0.1, 0.15) is 44.5 Å². The Balaban J connectivity index is 1.85. The third kappa shape index (κ3) is 3.13. The van der Waals surface area contributed by atoms with Gasteiger partial charge in [0.15, 0.2) is 0 Å². The van der Waals surface area contributed by atoms with Gasteiger partial charge >= 0.3 is 0 Å². The predicted octanol–water partition coefficient (Wildman–Crippen LogP) is 1.58. The number of aromatic nitrogens is 6. The number of anilines is 1. The van der Waals surface area contributed by atoms with E-state index in [0.29, 0.717) is 11.9 Å². The van der Waals surface area contributed by atoms with Crippen LogP contribution in [0.3, 0.4) is 0 Å². The molecule has 3 N–H and O–H groups in total. The van der Waals surface area contributed by atoms with E-state index in [4.69, 9.17) is 5.84 Å². The van der Waals surface area contributed by atoms with Gasteiger partial charge in [-0.1, -0.05) is 19.8 Å². The van der Waals surface area contributed by atoms with Crippen LogP contribution in [0, 0.1) is 0 Å². The average molecular weight is 306 g/mol. The number of hydrogen-bond donors (Lipinski definition) is 2. The molecule has 1 aliphatic carbocycles. The summed E-state index contributed by atoms with van der Waals surface area (Å²) in [6.07, 6.45) is 5.50. The molecule has 2 heterocycles. The SMILES string of the molecule is CCc1nc(NN)cc(Sc2nnnn2C2CCCC2)n1. The maximum Gasteiger partial charge on any atom is 0.215 e. The molecule has 0 spiro atoms. The summed E-state index contributed by atoms with van der Waals surface area (Å²) in [7, 11) is 0. The second-order valence-electron chi connectivity index (χ2n) is 4.95. The highest BCUT2D eigenvalue weighted by molar-refractivity contribution is 7.99. The summed E-state index contributed by atoms with van der Waals surface area (Å²) in [5, 5.41) is 13.6. The van der Waals surface area contributed by atoms with Gasteiger partial charge in [0, 0.05) is 12.5 Å². The van der Waals surface area contributed by atoms with Crippen LogP contribution >= 0.6 is 11.8 Å². The zero-order chi connectivity index (χ0) is 14.7. The van der Waals surface area contributed by atoms with Crippen molar-refractivity contribution in [3.8, 4) is 0 Å². The van der Waals surface area contributed by atoms with E-state index in [-0.39, 0.29) is 0 Å².